The molecule has 1 N–H and O–H groups in total. The van der Waals surface area contributed by atoms with Crippen molar-refractivity contribution in [2.75, 3.05) is 0 Å². The molecular weight excluding hydrogens is 250 g/mol. The molecule has 7 heteroatoms. The summed E-state index contributed by atoms with van der Waals surface area (Å²) in [7, 11) is 0. The molecule has 0 aliphatic heterocycles. The lowest BCUT2D eigenvalue weighted by atomic mass is 10.3. The largest absolute Gasteiger partial charge is 0.458 e. The number of nitro groups is 1. The summed E-state index contributed by atoms with van der Waals surface area (Å²) in [6.45, 7) is 1.78. The minimum atomic E-state index is -0.525. The number of rotatable bonds is 2. The van der Waals surface area contributed by atoms with Crippen LogP contribution in [0.15, 0.2) is 34.7 Å². The van der Waals surface area contributed by atoms with E-state index in [9.17, 15) is 15.3 Å². The molecule has 0 radical (unpaired) electrons. The highest BCUT2D eigenvalue weighted by atomic mass is 16.6. The van der Waals surface area contributed by atoms with Gasteiger partial charge in [0.1, 0.15) is 11.3 Å². The van der Waals surface area contributed by atoms with E-state index >= 15 is 0 Å². The van der Waals surface area contributed by atoms with Crippen LogP contribution in [0.3, 0.4) is 0 Å². The van der Waals surface area contributed by atoms with Crippen LogP contribution < -0.4 is 0 Å². The molecule has 0 aliphatic rings. The van der Waals surface area contributed by atoms with Crippen LogP contribution in [0, 0.1) is 17.0 Å². The summed E-state index contributed by atoms with van der Waals surface area (Å²) in [6.07, 6.45) is 0. The molecule has 0 saturated carbocycles. The van der Waals surface area contributed by atoms with Gasteiger partial charge in [-0.2, -0.15) is 4.73 Å². The molecule has 0 atom stereocenters. The highest BCUT2D eigenvalue weighted by Crippen LogP contribution is 2.27. The number of furan rings is 1. The van der Waals surface area contributed by atoms with Crippen molar-refractivity contribution in [1.29, 1.82) is 0 Å². The number of aryl methyl sites for hydroxylation is 1. The van der Waals surface area contributed by atoms with Gasteiger partial charge in [0.05, 0.1) is 10.4 Å². The molecule has 0 unspecified atom stereocenters. The molecule has 2 aromatic heterocycles. The molecule has 3 aromatic rings. The van der Waals surface area contributed by atoms with Gasteiger partial charge in [0.2, 0.25) is 5.82 Å². The fourth-order valence-corrected chi connectivity index (χ4v) is 1.88. The van der Waals surface area contributed by atoms with Crippen molar-refractivity contribution in [2.45, 2.75) is 6.92 Å². The van der Waals surface area contributed by atoms with Crippen molar-refractivity contribution in [3.8, 4) is 11.6 Å². The number of imidazole rings is 1. The minimum Gasteiger partial charge on any atom is -0.458 e. The van der Waals surface area contributed by atoms with E-state index in [2.05, 4.69) is 4.98 Å². The fourth-order valence-electron chi connectivity index (χ4n) is 1.88. The number of hydrogen-bond acceptors (Lipinski definition) is 5. The van der Waals surface area contributed by atoms with Crippen molar-refractivity contribution < 1.29 is 14.5 Å². The first-order chi connectivity index (χ1) is 9.06. The quantitative estimate of drug-likeness (QED) is 0.433. The number of fused-ring (bicyclic) bond motifs is 1. The molecule has 0 amide bonds. The zero-order chi connectivity index (χ0) is 13.6. The van der Waals surface area contributed by atoms with Gasteiger partial charge in [-0.15, -0.1) is 0 Å². The van der Waals surface area contributed by atoms with E-state index in [-0.39, 0.29) is 17.0 Å². The predicted octanol–water partition coefficient (Wildman–Crippen LogP) is 2.75. The summed E-state index contributed by atoms with van der Waals surface area (Å²) >= 11 is 0. The van der Waals surface area contributed by atoms with E-state index < -0.39 is 4.92 Å². The van der Waals surface area contributed by atoms with E-state index in [1.165, 1.54) is 18.2 Å². The molecule has 0 fully saturated rings. The summed E-state index contributed by atoms with van der Waals surface area (Å²) in [5, 5.41) is 20.7. The Balaban J connectivity index is 2.23. The Labute approximate surface area is 106 Å². The van der Waals surface area contributed by atoms with Gasteiger partial charge in [-0.1, -0.05) is 0 Å². The summed E-state index contributed by atoms with van der Waals surface area (Å²) in [5.74, 6) is 1.30. The third-order valence-corrected chi connectivity index (χ3v) is 2.79. The van der Waals surface area contributed by atoms with Crippen molar-refractivity contribution in [3.05, 3.63) is 46.2 Å². The van der Waals surface area contributed by atoms with E-state index in [0.29, 0.717) is 17.0 Å². The molecule has 7 nitrogen and oxygen atoms in total. The lowest BCUT2D eigenvalue weighted by Gasteiger charge is -1.97. The zero-order valence-corrected chi connectivity index (χ0v) is 9.90. The normalized spacial score (nSPS) is 11.0. The number of non-ortho nitro benzene ring substituents is 1. The van der Waals surface area contributed by atoms with Crippen LogP contribution in [0.2, 0.25) is 0 Å². The van der Waals surface area contributed by atoms with Crippen molar-refractivity contribution >= 4 is 16.7 Å². The number of aromatic nitrogens is 2. The van der Waals surface area contributed by atoms with Crippen LogP contribution in [0.1, 0.15) is 5.76 Å². The first-order valence-corrected chi connectivity index (χ1v) is 5.49. The van der Waals surface area contributed by atoms with Crippen molar-refractivity contribution in [1.82, 2.24) is 9.71 Å². The van der Waals surface area contributed by atoms with Gasteiger partial charge in [-0.25, -0.2) is 4.98 Å². The number of nitrogens with zero attached hydrogens (tertiary/aromatic N) is 3. The molecule has 0 saturated heterocycles. The van der Waals surface area contributed by atoms with E-state index in [1.807, 2.05) is 0 Å². The smallest absolute Gasteiger partial charge is 0.271 e. The SMILES string of the molecule is Cc1ccc(-c2nc3ccc([N+](=O)[O-])cc3n2O)o1. The zero-order valence-electron chi connectivity index (χ0n) is 9.90. The van der Waals surface area contributed by atoms with Crippen molar-refractivity contribution in [3.63, 3.8) is 0 Å². The molecule has 0 aliphatic carbocycles. The lowest BCUT2D eigenvalue weighted by molar-refractivity contribution is -0.384. The average molecular weight is 259 g/mol. The van der Waals surface area contributed by atoms with Gasteiger partial charge in [0.15, 0.2) is 5.76 Å². The number of nitro benzene ring substituents is 1. The van der Waals surface area contributed by atoms with Gasteiger partial charge in [0, 0.05) is 12.1 Å². The van der Waals surface area contributed by atoms with Gasteiger partial charge in [-0.3, -0.25) is 10.1 Å². The Hall–Kier alpha value is -2.83. The molecule has 3 rings (SSSR count). The maximum Gasteiger partial charge on any atom is 0.271 e. The number of hydrogen-bond donors (Lipinski definition) is 1. The van der Waals surface area contributed by atoms with Crippen LogP contribution >= 0.6 is 0 Å². The third kappa shape index (κ3) is 1.71. The standard InChI is InChI=1S/C12H9N3O4/c1-7-2-5-11(19-7)12-13-9-4-3-8(15(17)18)6-10(9)14(12)16/h2-6,16H,1H3. The second-order valence-electron chi connectivity index (χ2n) is 4.09. The number of benzene rings is 1. The van der Waals surface area contributed by atoms with Crippen LogP contribution in [-0.2, 0) is 0 Å². The fraction of sp³-hybridized carbons (Fsp3) is 0.0833. The Morgan fingerprint density at radius 1 is 1.37 bits per heavy atom. The molecular formula is C12H9N3O4. The average Bonchev–Trinajstić information content (AvgIpc) is 2.93. The molecule has 0 bridgehead atoms. The van der Waals surface area contributed by atoms with Crippen molar-refractivity contribution in [2.24, 2.45) is 0 Å². The second kappa shape index (κ2) is 3.84. The van der Waals surface area contributed by atoms with Crippen LogP contribution in [-0.4, -0.2) is 19.8 Å². The molecule has 2 heterocycles. The van der Waals surface area contributed by atoms with Crippen LogP contribution in [0.5, 0.6) is 0 Å². The summed E-state index contributed by atoms with van der Waals surface area (Å²) < 4.78 is 6.17. The second-order valence-corrected chi connectivity index (χ2v) is 4.09. The van der Waals surface area contributed by atoms with Gasteiger partial charge < -0.3 is 9.62 Å². The summed E-state index contributed by atoms with van der Waals surface area (Å²) in [6, 6.07) is 7.52. The maximum atomic E-state index is 10.7. The highest BCUT2D eigenvalue weighted by Gasteiger charge is 2.17. The Kier molecular flexibility index (Phi) is 2.28. The monoisotopic (exact) mass is 259 g/mol. The third-order valence-electron chi connectivity index (χ3n) is 2.79. The lowest BCUT2D eigenvalue weighted by Crippen LogP contribution is -1.94. The van der Waals surface area contributed by atoms with E-state index in [1.54, 1.807) is 19.1 Å². The van der Waals surface area contributed by atoms with E-state index in [4.69, 9.17) is 4.42 Å². The Morgan fingerprint density at radius 3 is 2.79 bits per heavy atom. The molecule has 1 aromatic carbocycles. The predicted molar refractivity (Wildman–Crippen MR) is 66.0 cm³/mol. The Bertz CT molecular complexity index is 787. The first-order valence-electron chi connectivity index (χ1n) is 5.49. The summed E-state index contributed by atoms with van der Waals surface area (Å²) in [4.78, 5) is 14.4. The first kappa shape index (κ1) is 11.3. The minimum absolute atomic E-state index is 0.107. The van der Waals surface area contributed by atoms with Gasteiger partial charge in [0.25, 0.3) is 5.69 Å². The Morgan fingerprint density at radius 2 is 2.16 bits per heavy atom. The molecule has 0 spiro atoms. The van der Waals surface area contributed by atoms with Gasteiger partial charge in [-0.05, 0) is 25.1 Å². The van der Waals surface area contributed by atoms with Crippen LogP contribution in [0.4, 0.5) is 5.69 Å². The topological polar surface area (TPSA) is 94.3 Å². The maximum absolute atomic E-state index is 10.7. The van der Waals surface area contributed by atoms with Crippen LogP contribution in [0.25, 0.3) is 22.6 Å². The van der Waals surface area contributed by atoms with E-state index in [0.717, 1.165) is 4.73 Å². The molecule has 96 valence electrons. The summed E-state index contributed by atoms with van der Waals surface area (Å²) in [5.41, 5.74) is 0.611. The molecule has 19 heavy (non-hydrogen) atoms. The van der Waals surface area contributed by atoms with Gasteiger partial charge >= 0.3 is 0 Å². The highest BCUT2D eigenvalue weighted by molar-refractivity contribution is 5.81.